The van der Waals surface area contributed by atoms with Crippen LogP contribution in [0.4, 0.5) is 0 Å². The van der Waals surface area contributed by atoms with Gasteiger partial charge in [-0.2, -0.15) is 9.78 Å². The van der Waals surface area contributed by atoms with Gasteiger partial charge in [-0.3, -0.25) is 0 Å². The van der Waals surface area contributed by atoms with Crippen molar-refractivity contribution in [2.45, 2.75) is 38.3 Å². The third-order valence-corrected chi connectivity index (χ3v) is 4.42. The lowest BCUT2D eigenvalue weighted by Gasteiger charge is -2.14. The van der Waals surface area contributed by atoms with Crippen molar-refractivity contribution in [2.75, 3.05) is 12.4 Å². The molecule has 3 rings (SSSR count). The summed E-state index contributed by atoms with van der Waals surface area (Å²) < 4.78 is 7.38. The summed E-state index contributed by atoms with van der Waals surface area (Å²) >= 11 is 1.69. The Morgan fingerprint density at radius 3 is 2.73 bits per heavy atom. The standard InChI is InChI=1S/C16H20N4OS/c1-3-5-6-15-17-18-16-20(15)19-14(11-22-16)12-7-9-13(10-8-12)21-4-2/h7-10H,3-6,11H2,1-2H3. The van der Waals surface area contributed by atoms with Crippen LogP contribution in [0.2, 0.25) is 0 Å². The Morgan fingerprint density at radius 2 is 2.00 bits per heavy atom. The van der Waals surface area contributed by atoms with E-state index in [1.54, 1.807) is 11.8 Å². The van der Waals surface area contributed by atoms with Crippen molar-refractivity contribution < 1.29 is 4.74 Å². The van der Waals surface area contributed by atoms with Gasteiger partial charge < -0.3 is 4.74 Å². The van der Waals surface area contributed by atoms with E-state index in [0.29, 0.717) is 6.61 Å². The molecule has 5 nitrogen and oxygen atoms in total. The molecule has 22 heavy (non-hydrogen) atoms. The van der Waals surface area contributed by atoms with E-state index in [0.717, 1.165) is 53.0 Å². The first kappa shape index (κ1) is 15.1. The van der Waals surface area contributed by atoms with Crippen LogP contribution in [-0.2, 0) is 6.42 Å². The topological polar surface area (TPSA) is 52.3 Å². The van der Waals surface area contributed by atoms with E-state index in [2.05, 4.69) is 29.3 Å². The third kappa shape index (κ3) is 3.16. The smallest absolute Gasteiger partial charge is 0.212 e. The average molecular weight is 316 g/mol. The number of nitrogens with zero attached hydrogens (tertiary/aromatic N) is 4. The summed E-state index contributed by atoms with van der Waals surface area (Å²) in [6.45, 7) is 4.85. The van der Waals surface area contributed by atoms with Crippen molar-refractivity contribution in [3.63, 3.8) is 0 Å². The highest BCUT2D eigenvalue weighted by Gasteiger charge is 2.19. The second-order valence-corrected chi connectivity index (χ2v) is 6.05. The van der Waals surface area contributed by atoms with E-state index in [1.165, 1.54) is 0 Å². The predicted octanol–water partition coefficient (Wildman–Crippen LogP) is 3.38. The van der Waals surface area contributed by atoms with Crippen molar-refractivity contribution in [1.82, 2.24) is 14.9 Å². The van der Waals surface area contributed by atoms with E-state index >= 15 is 0 Å². The predicted molar refractivity (Wildman–Crippen MR) is 88.9 cm³/mol. The summed E-state index contributed by atoms with van der Waals surface area (Å²) in [5.41, 5.74) is 2.18. The fourth-order valence-corrected chi connectivity index (χ4v) is 3.17. The molecule has 0 saturated heterocycles. The van der Waals surface area contributed by atoms with Crippen LogP contribution < -0.4 is 4.74 Å². The molecule has 0 atom stereocenters. The highest BCUT2D eigenvalue weighted by Crippen LogP contribution is 2.25. The Bertz CT molecular complexity index is 663. The molecule has 2 aromatic rings. The molecule has 0 amide bonds. The summed E-state index contributed by atoms with van der Waals surface area (Å²) in [5, 5.41) is 14.1. The van der Waals surface area contributed by atoms with Gasteiger partial charge in [0, 0.05) is 12.2 Å². The second kappa shape index (κ2) is 6.96. The van der Waals surface area contributed by atoms with Crippen LogP contribution in [0.1, 0.15) is 38.1 Å². The number of aryl methyl sites for hydroxylation is 1. The number of unbranched alkanes of at least 4 members (excludes halogenated alkanes) is 1. The average Bonchev–Trinajstić information content (AvgIpc) is 2.96. The van der Waals surface area contributed by atoms with Crippen LogP contribution in [0.5, 0.6) is 5.75 Å². The summed E-state index contributed by atoms with van der Waals surface area (Å²) in [6, 6.07) is 8.11. The van der Waals surface area contributed by atoms with Crippen molar-refractivity contribution in [3.05, 3.63) is 35.7 Å². The fourth-order valence-electron chi connectivity index (χ4n) is 2.31. The first-order chi connectivity index (χ1) is 10.8. The number of hydrogen-bond acceptors (Lipinski definition) is 5. The van der Waals surface area contributed by atoms with Crippen molar-refractivity contribution >= 4 is 17.5 Å². The fraction of sp³-hybridized carbons (Fsp3) is 0.438. The molecule has 0 unspecified atom stereocenters. The zero-order chi connectivity index (χ0) is 15.4. The van der Waals surface area contributed by atoms with Crippen LogP contribution in [0.3, 0.4) is 0 Å². The molecule has 6 heteroatoms. The van der Waals surface area contributed by atoms with Gasteiger partial charge in [0.1, 0.15) is 5.75 Å². The first-order valence-corrected chi connectivity index (χ1v) is 8.68. The molecule has 1 aliphatic rings. The maximum absolute atomic E-state index is 5.49. The van der Waals surface area contributed by atoms with Crippen LogP contribution >= 0.6 is 11.8 Å². The summed E-state index contributed by atoms with van der Waals surface area (Å²) in [5.74, 6) is 2.66. The number of fused-ring (bicyclic) bond motifs is 1. The normalized spacial score (nSPS) is 13.6. The molecule has 2 heterocycles. The summed E-state index contributed by atoms with van der Waals surface area (Å²) in [6.07, 6.45) is 3.17. The van der Waals surface area contributed by atoms with E-state index in [4.69, 9.17) is 9.84 Å². The zero-order valence-electron chi connectivity index (χ0n) is 13.0. The van der Waals surface area contributed by atoms with E-state index in [9.17, 15) is 0 Å². The number of benzene rings is 1. The van der Waals surface area contributed by atoms with Gasteiger partial charge in [-0.1, -0.05) is 25.1 Å². The van der Waals surface area contributed by atoms with Gasteiger partial charge in [-0.25, -0.2) is 0 Å². The summed E-state index contributed by atoms with van der Waals surface area (Å²) in [4.78, 5) is 0. The van der Waals surface area contributed by atoms with Crippen molar-refractivity contribution in [3.8, 4) is 5.75 Å². The minimum Gasteiger partial charge on any atom is -0.494 e. The van der Waals surface area contributed by atoms with Gasteiger partial charge in [0.15, 0.2) is 5.82 Å². The zero-order valence-corrected chi connectivity index (χ0v) is 13.8. The molecule has 0 spiro atoms. The lowest BCUT2D eigenvalue weighted by atomic mass is 10.1. The molecule has 116 valence electrons. The number of ether oxygens (including phenoxy) is 1. The number of hydrogen-bond donors (Lipinski definition) is 0. The lowest BCUT2D eigenvalue weighted by molar-refractivity contribution is 0.340. The minimum atomic E-state index is 0.682. The SMILES string of the molecule is CCCCc1nnc2n1N=C(c1ccc(OCC)cc1)CS2. The monoisotopic (exact) mass is 316 g/mol. The lowest BCUT2D eigenvalue weighted by Crippen LogP contribution is -2.14. The first-order valence-electron chi connectivity index (χ1n) is 7.70. The van der Waals surface area contributed by atoms with Crippen molar-refractivity contribution in [2.24, 2.45) is 5.10 Å². The molecule has 1 aromatic heterocycles. The summed E-state index contributed by atoms with van der Waals surface area (Å²) in [7, 11) is 0. The minimum absolute atomic E-state index is 0.682. The molecule has 0 aliphatic carbocycles. The number of rotatable bonds is 6. The van der Waals surface area contributed by atoms with E-state index in [-0.39, 0.29) is 0 Å². The molecular formula is C16H20N4OS. The molecule has 0 radical (unpaired) electrons. The van der Waals surface area contributed by atoms with Crippen LogP contribution in [0.25, 0.3) is 0 Å². The maximum Gasteiger partial charge on any atom is 0.212 e. The quantitative estimate of drug-likeness (QED) is 0.820. The Morgan fingerprint density at radius 1 is 1.18 bits per heavy atom. The van der Waals surface area contributed by atoms with Gasteiger partial charge in [0.2, 0.25) is 5.16 Å². The molecule has 0 saturated carbocycles. The Labute approximate surface area is 134 Å². The number of thioether (sulfide) groups is 1. The largest absolute Gasteiger partial charge is 0.494 e. The van der Waals surface area contributed by atoms with Crippen LogP contribution in [0, 0.1) is 0 Å². The maximum atomic E-state index is 5.49. The molecule has 0 fully saturated rings. The Kier molecular flexibility index (Phi) is 4.77. The van der Waals surface area contributed by atoms with Gasteiger partial charge in [-0.05, 0) is 43.2 Å². The van der Waals surface area contributed by atoms with Gasteiger partial charge in [-0.15, -0.1) is 10.2 Å². The van der Waals surface area contributed by atoms with Gasteiger partial charge in [0.05, 0.1) is 12.3 Å². The molecular weight excluding hydrogens is 296 g/mol. The van der Waals surface area contributed by atoms with Gasteiger partial charge >= 0.3 is 0 Å². The van der Waals surface area contributed by atoms with Crippen molar-refractivity contribution in [1.29, 1.82) is 0 Å². The molecule has 1 aliphatic heterocycles. The Hall–Kier alpha value is -1.82. The van der Waals surface area contributed by atoms with E-state index in [1.807, 2.05) is 23.7 Å². The third-order valence-electron chi connectivity index (χ3n) is 3.49. The van der Waals surface area contributed by atoms with Crippen LogP contribution in [0.15, 0.2) is 34.5 Å². The molecule has 0 bridgehead atoms. The highest BCUT2D eigenvalue weighted by atomic mass is 32.2. The molecule has 0 N–H and O–H groups in total. The van der Waals surface area contributed by atoms with Crippen LogP contribution in [-0.4, -0.2) is 32.9 Å². The highest BCUT2D eigenvalue weighted by molar-refractivity contribution is 7.99. The Balaban J connectivity index is 1.84. The number of aromatic nitrogens is 3. The van der Waals surface area contributed by atoms with E-state index < -0.39 is 0 Å². The van der Waals surface area contributed by atoms with Gasteiger partial charge in [0.25, 0.3) is 0 Å². The second-order valence-electron chi connectivity index (χ2n) is 5.11. The molecule has 1 aromatic carbocycles.